The Kier molecular flexibility index (Phi) is 5.18. The summed E-state index contributed by atoms with van der Waals surface area (Å²) in [4.78, 5) is 12.1. The number of nitriles is 1. The van der Waals surface area contributed by atoms with Crippen molar-refractivity contribution in [2.45, 2.75) is 26.7 Å². The van der Waals surface area contributed by atoms with Crippen molar-refractivity contribution in [3.8, 4) is 6.07 Å². The van der Waals surface area contributed by atoms with Crippen molar-refractivity contribution < 1.29 is 9.90 Å². The summed E-state index contributed by atoms with van der Waals surface area (Å²) >= 11 is 0. The molecule has 0 bridgehead atoms. The van der Waals surface area contributed by atoms with Gasteiger partial charge in [-0.15, -0.1) is 0 Å². The number of aliphatic carboxylic acids is 1. The van der Waals surface area contributed by atoms with Crippen LogP contribution in [0.3, 0.4) is 0 Å². The number of likely N-dealkylation sites (N-methyl/N-ethyl adjacent to an activating group) is 1. The first-order valence-corrected chi connectivity index (χ1v) is 4.69. The van der Waals surface area contributed by atoms with Gasteiger partial charge in [0.1, 0.15) is 0 Å². The third-order valence-electron chi connectivity index (χ3n) is 2.05. The van der Waals surface area contributed by atoms with E-state index >= 15 is 0 Å². The molecule has 0 saturated carbocycles. The maximum atomic E-state index is 10.3. The second kappa shape index (κ2) is 5.61. The van der Waals surface area contributed by atoms with Gasteiger partial charge in [0.15, 0.2) is 0 Å². The topological polar surface area (TPSA) is 64.3 Å². The Labute approximate surface area is 85.1 Å². The van der Waals surface area contributed by atoms with Crippen LogP contribution < -0.4 is 0 Å². The molecule has 14 heavy (non-hydrogen) atoms. The minimum atomic E-state index is -0.813. The molecule has 0 saturated heterocycles. The van der Waals surface area contributed by atoms with Crippen molar-refractivity contribution in [1.29, 1.82) is 5.26 Å². The first-order chi connectivity index (χ1) is 6.37. The van der Waals surface area contributed by atoms with Crippen molar-refractivity contribution in [3.63, 3.8) is 0 Å². The van der Waals surface area contributed by atoms with Crippen LogP contribution in [0, 0.1) is 16.7 Å². The molecule has 0 aromatic rings. The van der Waals surface area contributed by atoms with Gasteiger partial charge in [0.25, 0.3) is 0 Å². The van der Waals surface area contributed by atoms with Crippen LogP contribution in [0.5, 0.6) is 0 Å². The fourth-order valence-corrected chi connectivity index (χ4v) is 1.16. The van der Waals surface area contributed by atoms with Crippen LogP contribution in [0.25, 0.3) is 0 Å². The Balaban J connectivity index is 3.65. The van der Waals surface area contributed by atoms with E-state index in [1.807, 2.05) is 13.8 Å². The van der Waals surface area contributed by atoms with E-state index in [4.69, 9.17) is 10.4 Å². The van der Waals surface area contributed by atoms with Gasteiger partial charge in [-0.25, -0.2) is 0 Å². The summed E-state index contributed by atoms with van der Waals surface area (Å²) < 4.78 is 0. The Morgan fingerprint density at radius 3 is 2.57 bits per heavy atom. The number of hydrogen-bond acceptors (Lipinski definition) is 3. The summed E-state index contributed by atoms with van der Waals surface area (Å²) in [6.07, 6.45) is 1.65. The summed E-state index contributed by atoms with van der Waals surface area (Å²) in [6.45, 7) is 4.57. The molecule has 0 fully saturated rings. The van der Waals surface area contributed by atoms with Crippen LogP contribution in [0.2, 0.25) is 0 Å². The van der Waals surface area contributed by atoms with Gasteiger partial charge >= 0.3 is 5.97 Å². The van der Waals surface area contributed by atoms with Gasteiger partial charge in [-0.05, 0) is 40.3 Å². The van der Waals surface area contributed by atoms with Crippen LogP contribution in [0.15, 0.2) is 0 Å². The van der Waals surface area contributed by atoms with Gasteiger partial charge < -0.3 is 5.11 Å². The van der Waals surface area contributed by atoms with Crippen molar-refractivity contribution in [1.82, 2.24) is 4.90 Å². The number of carboxylic acid groups (broad SMARTS) is 1. The Bertz CT molecular complexity index is 231. The van der Waals surface area contributed by atoms with E-state index in [1.165, 1.54) is 0 Å². The van der Waals surface area contributed by atoms with Gasteiger partial charge in [-0.1, -0.05) is 0 Å². The molecule has 4 heteroatoms. The number of carboxylic acids is 1. The molecule has 4 nitrogen and oxygen atoms in total. The molecule has 0 rings (SSSR count). The molecule has 0 aromatic heterocycles. The van der Waals surface area contributed by atoms with Crippen molar-refractivity contribution >= 4 is 5.97 Å². The van der Waals surface area contributed by atoms with Crippen LogP contribution in [0.1, 0.15) is 26.7 Å². The van der Waals surface area contributed by atoms with E-state index in [0.29, 0.717) is 0 Å². The quantitative estimate of drug-likeness (QED) is 0.699. The van der Waals surface area contributed by atoms with Gasteiger partial charge in [0, 0.05) is 0 Å². The van der Waals surface area contributed by atoms with Gasteiger partial charge in [-0.3, -0.25) is 9.69 Å². The molecule has 0 amide bonds. The Hall–Kier alpha value is -1.08. The lowest BCUT2D eigenvalue weighted by molar-refractivity contribution is -0.137. The summed E-state index contributed by atoms with van der Waals surface area (Å²) in [6, 6.07) is 2.22. The van der Waals surface area contributed by atoms with Crippen molar-refractivity contribution in [2.75, 3.05) is 20.1 Å². The number of rotatable bonds is 6. The highest BCUT2D eigenvalue weighted by atomic mass is 16.4. The minimum Gasteiger partial charge on any atom is -0.480 e. The molecule has 0 aliphatic carbocycles. The molecular weight excluding hydrogens is 180 g/mol. The third kappa shape index (κ3) is 6.44. The second-order valence-corrected chi connectivity index (χ2v) is 4.23. The van der Waals surface area contributed by atoms with Crippen LogP contribution in [0.4, 0.5) is 0 Å². The van der Waals surface area contributed by atoms with Gasteiger partial charge in [0.05, 0.1) is 18.0 Å². The molecule has 0 aliphatic rings. The zero-order valence-corrected chi connectivity index (χ0v) is 9.08. The largest absolute Gasteiger partial charge is 0.480 e. The molecule has 0 unspecified atom stereocenters. The normalized spacial score (nSPS) is 11.4. The maximum Gasteiger partial charge on any atom is 0.317 e. The highest BCUT2D eigenvalue weighted by Crippen LogP contribution is 2.20. The van der Waals surface area contributed by atoms with E-state index < -0.39 is 5.97 Å². The van der Waals surface area contributed by atoms with Crippen LogP contribution in [-0.4, -0.2) is 36.1 Å². The SMILES string of the molecule is CN(CCCC(C)(C)C#N)CC(=O)O. The Morgan fingerprint density at radius 1 is 1.57 bits per heavy atom. The standard InChI is InChI=1S/C10H18N2O2/c1-10(2,8-11)5-4-6-12(3)7-9(13)14/h4-7H2,1-3H3,(H,13,14). The molecule has 0 spiro atoms. The molecule has 0 heterocycles. The molecule has 0 radical (unpaired) electrons. The maximum absolute atomic E-state index is 10.3. The monoisotopic (exact) mass is 198 g/mol. The zero-order chi connectivity index (χ0) is 11.2. The summed E-state index contributed by atoms with van der Waals surface area (Å²) in [7, 11) is 1.77. The smallest absolute Gasteiger partial charge is 0.317 e. The zero-order valence-electron chi connectivity index (χ0n) is 9.08. The lowest BCUT2D eigenvalue weighted by atomic mass is 9.90. The van der Waals surface area contributed by atoms with E-state index in [9.17, 15) is 4.79 Å². The lowest BCUT2D eigenvalue weighted by Crippen LogP contribution is -2.27. The van der Waals surface area contributed by atoms with E-state index in [-0.39, 0.29) is 12.0 Å². The second-order valence-electron chi connectivity index (χ2n) is 4.23. The number of hydrogen-bond donors (Lipinski definition) is 1. The fourth-order valence-electron chi connectivity index (χ4n) is 1.16. The number of carbonyl (C=O) groups is 1. The van der Waals surface area contributed by atoms with E-state index in [2.05, 4.69) is 6.07 Å². The summed E-state index contributed by atoms with van der Waals surface area (Å²) in [5.74, 6) is -0.813. The average Bonchev–Trinajstić information content (AvgIpc) is 2.02. The highest BCUT2D eigenvalue weighted by molar-refractivity contribution is 5.68. The predicted octanol–water partition coefficient (Wildman–Crippen LogP) is 1.33. The minimum absolute atomic E-state index is 0.0625. The Morgan fingerprint density at radius 2 is 2.14 bits per heavy atom. The van der Waals surface area contributed by atoms with Crippen molar-refractivity contribution in [3.05, 3.63) is 0 Å². The molecule has 0 aromatic carbocycles. The van der Waals surface area contributed by atoms with Crippen molar-refractivity contribution in [2.24, 2.45) is 5.41 Å². The fraction of sp³-hybridized carbons (Fsp3) is 0.800. The first-order valence-electron chi connectivity index (χ1n) is 4.69. The first kappa shape index (κ1) is 12.9. The van der Waals surface area contributed by atoms with Crippen LogP contribution >= 0.6 is 0 Å². The lowest BCUT2D eigenvalue weighted by Gasteiger charge is -2.18. The molecule has 0 atom stereocenters. The van der Waals surface area contributed by atoms with Gasteiger partial charge in [0.2, 0.25) is 0 Å². The summed E-state index contributed by atoms with van der Waals surface area (Å²) in [5.41, 5.74) is -0.302. The summed E-state index contributed by atoms with van der Waals surface area (Å²) in [5, 5.41) is 17.2. The van der Waals surface area contributed by atoms with E-state index in [1.54, 1.807) is 11.9 Å². The highest BCUT2D eigenvalue weighted by Gasteiger charge is 2.16. The van der Waals surface area contributed by atoms with E-state index in [0.717, 1.165) is 19.4 Å². The molecular formula is C10H18N2O2. The average molecular weight is 198 g/mol. The van der Waals surface area contributed by atoms with Gasteiger partial charge in [-0.2, -0.15) is 5.26 Å². The third-order valence-corrected chi connectivity index (χ3v) is 2.05. The molecule has 0 aliphatic heterocycles. The number of nitrogens with zero attached hydrogens (tertiary/aromatic N) is 2. The predicted molar refractivity (Wildman–Crippen MR) is 53.8 cm³/mol. The molecule has 80 valence electrons. The molecule has 1 N–H and O–H groups in total. The van der Waals surface area contributed by atoms with Crippen LogP contribution in [-0.2, 0) is 4.79 Å².